The molecule has 1 aliphatic rings. The van der Waals surface area contributed by atoms with Gasteiger partial charge < -0.3 is 0 Å². The van der Waals surface area contributed by atoms with Crippen LogP contribution in [0.3, 0.4) is 0 Å². The van der Waals surface area contributed by atoms with Crippen molar-refractivity contribution >= 4 is 0 Å². The fourth-order valence-electron chi connectivity index (χ4n) is 1.76. The van der Waals surface area contributed by atoms with E-state index < -0.39 is 0 Å². The van der Waals surface area contributed by atoms with E-state index in [1.807, 2.05) is 0 Å². The summed E-state index contributed by atoms with van der Waals surface area (Å²) in [6.07, 6.45) is 8.53. The van der Waals surface area contributed by atoms with Crippen LogP contribution in [0.15, 0.2) is 5.57 Å². The minimum Gasteiger partial charge on any atom is -0.0616 e. The fraction of sp³-hybridized carbons (Fsp3) is 0.800. The highest BCUT2D eigenvalue weighted by Gasteiger charge is 2.23. The summed E-state index contributed by atoms with van der Waals surface area (Å²) < 4.78 is 0. The standard InChI is InChI=1S/C10H17/c1-4-9-7-5-6-8-10(9,2)3/h4-6,8H2,1-3H3. The van der Waals surface area contributed by atoms with Gasteiger partial charge in [-0.15, -0.1) is 0 Å². The van der Waals surface area contributed by atoms with Gasteiger partial charge in [-0.1, -0.05) is 26.3 Å². The highest BCUT2D eigenvalue weighted by molar-refractivity contribution is 5.10. The summed E-state index contributed by atoms with van der Waals surface area (Å²) in [6.45, 7) is 6.89. The summed E-state index contributed by atoms with van der Waals surface area (Å²) in [4.78, 5) is 0. The summed E-state index contributed by atoms with van der Waals surface area (Å²) in [6, 6.07) is 0. The van der Waals surface area contributed by atoms with Gasteiger partial charge in [0.15, 0.2) is 0 Å². The van der Waals surface area contributed by atoms with Crippen LogP contribution >= 0.6 is 0 Å². The van der Waals surface area contributed by atoms with E-state index in [9.17, 15) is 0 Å². The zero-order chi connectivity index (χ0) is 7.61. The Morgan fingerprint density at radius 3 is 2.60 bits per heavy atom. The minimum atomic E-state index is 0.451. The van der Waals surface area contributed by atoms with E-state index in [-0.39, 0.29) is 0 Å². The van der Waals surface area contributed by atoms with E-state index in [0.717, 1.165) is 0 Å². The van der Waals surface area contributed by atoms with Crippen LogP contribution in [0.1, 0.15) is 46.5 Å². The van der Waals surface area contributed by atoms with Crippen molar-refractivity contribution in [2.45, 2.75) is 46.5 Å². The van der Waals surface area contributed by atoms with Gasteiger partial charge in [-0.3, -0.25) is 0 Å². The number of rotatable bonds is 1. The van der Waals surface area contributed by atoms with E-state index in [1.54, 1.807) is 5.57 Å². The predicted molar refractivity (Wildman–Crippen MR) is 44.7 cm³/mol. The predicted octanol–water partition coefficient (Wildman–Crippen LogP) is 3.34. The van der Waals surface area contributed by atoms with Gasteiger partial charge in [0.1, 0.15) is 0 Å². The van der Waals surface area contributed by atoms with Gasteiger partial charge in [-0.25, -0.2) is 0 Å². The Kier molecular flexibility index (Phi) is 2.18. The molecular formula is C10H17. The molecule has 0 aromatic rings. The third-order valence-corrected chi connectivity index (χ3v) is 2.49. The molecular weight excluding hydrogens is 120 g/mol. The quantitative estimate of drug-likeness (QED) is 0.520. The molecule has 0 saturated carbocycles. The molecule has 0 amide bonds. The summed E-state index contributed by atoms with van der Waals surface area (Å²) in [5.74, 6) is 0. The van der Waals surface area contributed by atoms with Crippen LogP contribution in [-0.2, 0) is 0 Å². The maximum Gasteiger partial charge on any atom is -0.0139 e. The summed E-state index contributed by atoms with van der Waals surface area (Å²) in [7, 11) is 0. The Balaban J connectivity index is 2.73. The second kappa shape index (κ2) is 2.77. The Morgan fingerprint density at radius 2 is 2.20 bits per heavy atom. The average Bonchev–Trinajstić information content (AvgIpc) is 1.87. The van der Waals surface area contributed by atoms with Crippen molar-refractivity contribution in [3.05, 3.63) is 11.6 Å². The van der Waals surface area contributed by atoms with E-state index in [4.69, 9.17) is 0 Å². The summed E-state index contributed by atoms with van der Waals surface area (Å²) >= 11 is 0. The smallest absolute Gasteiger partial charge is 0.0139 e. The molecule has 0 saturated heterocycles. The molecule has 1 aliphatic carbocycles. The fourth-order valence-corrected chi connectivity index (χ4v) is 1.76. The van der Waals surface area contributed by atoms with Gasteiger partial charge in [0, 0.05) is 0 Å². The topological polar surface area (TPSA) is 0 Å². The number of hydrogen-bond acceptors (Lipinski definition) is 0. The van der Waals surface area contributed by atoms with Crippen LogP contribution in [0.25, 0.3) is 0 Å². The number of allylic oxidation sites excluding steroid dienone is 2. The molecule has 0 atom stereocenters. The average molecular weight is 137 g/mol. The van der Waals surface area contributed by atoms with E-state index in [2.05, 4.69) is 26.8 Å². The second-order valence-electron chi connectivity index (χ2n) is 3.75. The summed E-state index contributed by atoms with van der Waals surface area (Å²) in [5.41, 5.74) is 1.99. The second-order valence-corrected chi connectivity index (χ2v) is 3.75. The Bertz CT molecular complexity index is 140. The summed E-state index contributed by atoms with van der Waals surface area (Å²) in [5, 5.41) is 0. The lowest BCUT2D eigenvalue weighted by molar-refractivity contribution is 0.361. The SMILES string of the molecule is CCC1=[C]CCCC1(C)C. The first-order valence-electron chi connectivity index (χ1n) is 4.27. The monoisotopic (exact) mass is 137 g/mol. The molecule has 0 heteroatoms. The molecule has 0 N–H and O–H groups in total. The van der Waals surface area contributed by atoms with Crippen molar-refractivity contribution in [3.8, 4) is 0 Å². The third-order valence-electron chi connectivity index (χ3n) is 2.49. The van der Waals surface area contributed by atoms with Crippen LogP contribution in [0.5, 0.6) is 0 Å². The van der Waals surface area contributed by atoms with Crippen LogP contribution in [0, 0.1) is 11.5 Å². The first-order valence-corrected chi connectivity index (χ1v) is 4.27. The van der Waals surface area contributed by atoms with E-state index in [0.29, 0.717) is 5.41 Å². The van der Waals surface area contributed by atoms with Gasteiger partial charge >= 0.3 is 0 Å². The van der Waals surface area contributed by atoms with Crippen LogP contribution < -0.4 is 0 Å². The molecule has 57 valence electrons. The normalized spacial score (nSPS) is 24.1. The molecule has 0 aliphatic heterocycles. The van der Waals surface area contributed by atoms with Crippen molar-refractivity contribution in [3.63, 3.8) is 0 Å². The molecule has 0 unspecified atom stereocenters. The highest BCUT2D eigenvalue weighted by Crippen LogP contribution is 2.37. The van der Waals surface area contributed by atoms with Gasteiger partial charge in [-0.2, -0.15) is 0 Å². The lowest BCUT2D eigenvalue weighted by Gasteiger charge is -2.30. The van der Waals surface area contributed by atoms with Gasteiger partial charge in [0.2, 0.25) is 0 Å². The molecule has 0 aromatic carbocycles. The molecule has 10 heavy (non-hydrogen) atoms. The lowest BCUT2D eigenvalue weighted by atomic mass is 9.75. The molecule has 1 rings (SSSR count). The zero-order valence-corrected chi connectivity index (χ0v) is 7.33. The Labute approximate surface area is 64.3 Å². The molecule has 0 spiro atoms. The largest absolute Gasteiger partial charge is 0.0616 e. The van der Waals surface area contributed by atoms with Crippen molar-refractivity contribution in [2.75, 3.05) is 0 Å². The van der Waals surface area contributed by atoms with Crippen molar-refractivity contribution < 1.29 is 0 Å². The van der Waals surface area contributed by atoms with E-state index >= 15 is 0 Å². The maximum absolute atomic E-state index is 3.48. The number of hydrogen-bond donors (Lipinski definition) is 0. The van der Waals surface area contributed by atoms with Crippen molar-refractivity contribution in [1.82, 2.24) is 0 Å². The van der Waals surface area contributed by atoms with E-state index in [1.165, 1.54) is 25.7 Å². The highest BCUT2D eigenvalue weighted by atomic mass is 14.3. The third kappa shape index (κ3) is 1.42. The maximum atomic E-state index is 3.48. The Morgan fingerprint density at radius 1 is 1.50 bits per heavy atom. The minimum absolute atomic E-state index is 0.451. The van der Waals surface area contributed by atoms with Crippen molar-refractivity contribution in [1.29, 1.82) is 0 Å². The molecule has 0 bridgehead atoms. The van der Waals surface area contributed by atoms with Crippen LogP contribution in [0.2, 0.25) is 0 Å². The first-order chi connectivity index (χ1) is 4.67. The van der Waals surface area contributed by atoms with Crippen molar-refractivity contribution in [2.24, 2.45) is 5.41 Å². The molecule has 0 heterocycles. The van der Waals surface area contributed by atoms with Crippen LogP contribution in [-0.4, -0.2) is 0 Å². The molecule has 1 radical (unpaired) electrons. The van der Waals surface area contributed by atoms with Gasteiger partial charge in [0.25, 0.3) is 0 Å². The Hall–Kier alpha value is -0.260. The zero-order valence-electron chi connectivity index (χ0n) is 7.33. The molecule has 0 nitrogen and oxygen atoms in total. The molecule has 0 aromatic heterocycles. The molecule has 0 fully saturated rings. The lowest BCUT2D eigenvalue weighted by Crippen LogP contribution is -2.17. The van der Waals surface area contributed by atoms with Crippen LogP contribution in [0.4, 0.5) is 0 Å². The first kappa shape index (κ1) is 7.84. The van der Waals surface area contributed by atoms with Gasteiger partial charge in [-0.05, 0) is 37.2 Å². The van der Waals surface area contributed by atoms with Gasteiger partial charge in [0.05, 0.1) is 0 Å².